The number of rotatable bonds is 4. The molecule has 0 aromatic heterocycles. The smallest absolute Gasteiger partial charge is 0.230 e. The van der Waals surface area contributed by atoms with E-state index >= 15 is 0 Å². The molecule has 4 rings (SSSR count). The highest BCUT2D eigenvalue weighted by Gasteiger charge is 2.50. The van der Waals surface area contributed by atoms with Crippen molar-refractivity contribution < 1.29 is 4.79 Å². The van der Waals surface area contributed by atoms with E-state index in [1.165, 1.54) is 44.9 Å². The molecule has 4 aliphatic carbocycles. The second-order valence-corrected chi connectivity index (χ2v) is 7.21. The third kappa shape index (κ3) is 2.40. The van der Waals surface area contributed by atoms with Crippen LogP contribution in [0, 0.1) is 23.2 Å². The molecule has 0 aromatic carbocycles. The van der Waals surface area contributed by atoms with Crippen LogP contribution >= 0.6 is 15.9 Å². The largest absolute Gasteiger partial charge is 0.355 e. The van der Waals surface area contributed by atoms with E-state index in [-0.39, 0.29) is 5.91 Å². The molecule has 0 spiro atoms. The van der Waals surface area contributed by atoms with Crippen LogP contribution in [-0.4, -0.2) is 17.8 Å². The van der Waals surface area contributed by atoms with Gasteiger partial charge >= 0.3 is 0 Å². The minimum absolute atomic E-state index is 0.134. The second-order valence-electron chi connectivity index (χ2n) is 6.65. The van der Waals surface area contributed by atoms with Gasteiger partial charge in [-0.25, -0.2) is 0 Å². The summed E-state index contributed by atoms with van der Waals surface area (Å²) in [5.74, 6) is 3.20. The first kappa shape index (κ1) is 12.0. The first-order valence-corrected chi connectivity index (χ1v) is 8.14. The van der Waals surface area contributed by atoms with E-state index in [2.05, 4.69) is 21.2 Å². The fourth-order valence-corrected chi connectivity index (χ4v) is 5.31. The van der Waals surface area contributed by atoms with E-state index in [9.17, 15) is 4.79 Å². The molecule has 3 heteroatoms. The number of hydrogen-bond donors (Lipinski definition) is 1. The van der Waals surface area contributed by atoms with Crippen molar-refractivity contribution in [3.63, 3.8) is 0 Å². The number of nitrogens with one attached hydrogen (secondary N) is 1. The Hall–Kier alpha value is -0.0500. The number of alkyl halides is 1. The van der Waals surface area contributed by atoms with Crippen molar-refractivity contribution in [1.29, 1.82) is 0 Å². The van der Waals surface area contributed by atoms with Crippen LogP contribution in [-0.2, 0) is 4.79 Å². The van der Waals surface area contributed by atoms with Crippen molar-refractivity contribution in [3.05, 3.63) is 0 Å². The molecule has 0 radical (unpaired) electrons. The van der Waals surface area contributed by atoms with Crippen LogP contribution in [0.5, 0.6) is 0 Å². The standard InChI is InChI=1S/C14H22BrNO/c15-9-13(17)16-2-1-14-6-10-3-11(7-14)5-12(4-10)8-14/h10-12H,1-9H2,(H,16,17). The van der Waals surface area contributed by atoms with Crippen molar-refractivity contribution in [3.8, 4) is 0 Å². The molecule has 4 saturated carbocycles. The van der Waals surface area contributed by atoms with Gasteiger partial charge < -0.3 is 5.32 Å². The summed E-state index contributed by atoms with van der Waals surface area (Å²) in [4.78, 5) is 11.2. The number of amides is 1. The minimum Gasteiger partial charge on any atom is -0.355 e. The highest BCUT2D eigenvalue weighted by atomic mass is 79.9. The van der Waals surface area contributed by atoms with Gasteiger partial charge in [-0.1, -0.05) is 15.9 Å². The third-order valence-corrected chi connectivity index (χ3v) is 5.77. The van der Waals surface area contributed by atoms with Gasteiger partial charge in [0.2, 0.25) is 5.91 Å². The van der Waals surface area contributed by atoms with Crippen molar-refractivity contribution in [2.75, 3.05) is 11.9 Å². The lowest BCUT2D eigenvalue weighted by atomic mass is 9.49. The Labute approximate surface area is 112 Å². The summed E-state index contributed by atoms with van der Waals surface area (Å²) in [5, 5.41) is 3.46. The molecule has 0 aromatic rings. The van der Waals surface area contributed by atoms with Crippen molar-refractivity contribution in [2.24, 2.45) is 23.2 Å². The van der Waals surface area contributed by atoms with Crippen LogP contribution in [0.1, 0.15) is 44.9 Å². The fourth-order valence-electron chi connectivity index (χ4n) is 5.11. The molecule has 96 valence electrons. The van der Waals surface area contributed by atoms with E-state index < -0.39 is 0 Å². The average molecular weight is 300 g/mol. The van der Waals surface area contributed by atoms with E-state index in [0.29, 0.717) is 10.7 Å². The van der Waals surface area contributed by atoms with Crippen molar-refractivity contribution >= 4 is 21.8 Å². The molecular weight excluding hydrogens is 278 g/mol. The number of halogens is 1. The molecule has 1 N–H and O–H groups in total. The summed E-state index contributed by atoms with van der Waals surface area (Å²) in [5.41, 5.74) is 0.605. The Kier molecular flexibility index (Phi) is 3.22. The normalized spacial score (nSPS) is 42.8. The third-order valence-electron chi connectivity index (χ3n) is 5.26. The van der Waals surface area contributed by atoms with Crippen LogP contribution in [0.25, 0.3) is 0 Å². The lowest BCUT2D eigenvalue weighted by Crippen LogP contribution is -2.47. The SMILES string of the molecule is O=C(CBr)NCCC12CC3CC(CC(C3)C1)C2. The van der Waals surface area contributed by atoms with Crippen LogP contribution < -0.4 is 5.32 Å². The molecule has 0 unspecified atom stereocenters. The maximum Gasteiger partial charge on any atom is 0.230 e. The van der Waals surface area contributed by atoms with Gasteiger partial charge in [0.25, 0.3) is 0 Å². The molecule has 0 heterocycles. The molecule has 0 aliphatic heterocycles. The highest BCUT2D eigenvalue weighted by molar-refractivity contribution is 9.09. The molecule has 4 fully saturated rings. The van der Waals surface area contributed by atoms with Crippen LogP contribution in [0.2, 0.25) is 0 Å². The summed E-state index contributed by atoms with van der Waals surface area (Å²) < 4.78 is 0. The van der Waals surface area contributed by atoms with Crippen LogP contribution in [0.4, 0.5) is 0 Å². The Morgan fingerprint density at radius 3 is 2.12 bits per heavy atom. The predicted octanol–water partition coefficient (Wildman–Crippen LogP) is 3.10. The number of carbonyl (C=O) groups excluding carboxylic acids is 1. The maximum absolute atomic E-state index is 11.2. The van der Waals surface area contributed by atoms with E-state index in [0.717, 1.165) is 24.3 Å². The average Bonchev–Trinajstić information content (AvgIpc) is 2.26. The molecular formula is C14H22BrNO. The van der Waals surface area contributed by atoms with Gasteiger partial charge in [-0.2, -0.15) is 0 Å². The minimum atomic E-state index is 0.134. The van der Waals surface area contributed by atoms with Gasteiger partial charge in [-0.05, 0) is 68.1 Å². The molecule has 0 saturated heterocycles. The van der Waals surface area contributed by atoms with Gasteiger partial charge in [0.1, 0.15) is 0 Å². The number of hydrogen-bond acceptors (Lipinski definition) is 1. The lowest BCUT2D eigenvalue weighted by molar-refractivity contribution is -0.118. The van der Waals surface area contributed by atoms with Crippen molar-refractivity contribution in [2.45, 2.75) is 44.9 Å². The molecule has 1 amide bonds. The monoisotopic (exact) mass is 299 g/mol. The predicted molar refractivity (Wildman–Crippen MR) is 72.0 cm³/mol. The van der Waals surface area contributed by atoms with Gasteiger partial charge in [0.15, 0.2) is 0 Å². The van der Waals surface area contributed by atoms with E-state index in [1.54, 1.807) is 0 Å². The fraction of sp³-hybridized carbons (Fsp3) is 0.929. The second kappa shape index (κ2) is 4.56. The van der Waals surface area contributed by atoms with Gasteiger partial charge in [-0.15, -0.1) is 0 Å². The van der Waals surface area contributed by atoms with Crippen LogP contribution in [0.15, 0.2) is 0 Å². The van der Waals surface area contributed by atoms with Gasteiger partial charge in [0, 0.05) is 6.54 Å². The summed E-state index contributed by atoms with van der Waals surface area (Å²) in [6, 6.07) is 0. The quantitative estimate of drug-likeness (QED) is 0.794. The summed E-state index contributed by atoms with van der Waals surface area (Å²) in [7, 11) is 0. The van der Waals surface area contributed by atoms with Crippen molar-refractivity contribution in [1.82, 2.24) is 5.32 Å². The Morgan fingerprint density at radius 2 is 1.65 bits per heavy atom. The lowest BCUT2D eigenvalue weighted by Gasteiger charge is -2.57. The summed E-state index contributed by atoms with van der Waals surface area (Å²) >= 11 is 3.20. The first-order valence-electron chi connectivity index (χ1n) is 7.02. The number of carbonyl (C=O) groups is 1. The van der Waals surface area contributed by atoms with E-state index in [4.69, 9.17) is 0 Å². The van der Waals surface area contributed by atoms with E-state index in [1.807, 2.05) is 0 Å². The summed E-state index contributed by atoms with van der Waals surface area (Å²) in [6.07, 6.45) is 10.1. The zero-order chi connectivity index (χ0) is 11.9. The Bertz CT molecular complexity index is 280. The molecule has 4 bridgehead atoms. The molecule has 4 aliphatic rings. The zero-order valence-corrected chi connectivity index (χ0v) is 12.0. The highest BCUT2D eigenvalue weighted by Crippen LogP contribution is 2.61. The van der Waals surface area contributed by atoms with Gasteiger partial charge in [-0.3, -0.25) is 4.79 Å². The van der Waals surface area contributed by atoms with Gasteiger partial charge in [0.05, 0.1) is 5.33 Å². The maximum atomic E-state index is 11.2. The zero-order valence-electron chi connectivity index (χ0n) is 10.4. The Morgan fingerprint density at radius 1 is 1.12 bits per heavy atom. The first-order chi connectivity index (χ1) is 8.19. The molecule has 2 nitrogen and oxygen atoms in total. The van der Waals surface area contributed by atoms with Crippen LogP contribution in [0.3, 0.4) is 0 Å². The topological polar surface area (TPSA) is 29.1 Å². The molecule has 0 atom stereocenters. The Balaban J connectivity index is 1.57. The summed E-state index contributed by atoms with van der Waals surface area (Å²) in [6.45, 7) is 0.886. The molecule has 17 heavy (non-hydrogen) atoms.